The van der Waals surface area contributed by atoms with E-state index in [2.05, 4.69) is 53.3 Å². The lowest BCUT2D eigenvalue weighted by molar-refractivity contribution is 0.185. The lowest BCUT2D eigenvalue weighted by Gasteiger charge is -2.14. The molecule has 0 amide bonds. The molecule has 0 saturated heterocycles. The molecular formula is C14H17NOS. The SMILES string of the molecule is COCc1cccc(NC(C)c2ccsc2)c1. The van der Waals surface area contributed by atoms with Gasteiger partial charge in [-0.2, -0.15) is 11.3 Å². The maximum Gasteiger partial charge on any atom is 0.0713 e. The first-order chi connectivity index (χ1) is 8.29. The van der Waals surface area contributed by atoms with Gasteiger partial charge in [0.2, 0.25) is 0 Å². The molecule has 2 rings (SSSR count). The Balaban J connectivity index is 2.05. The van der Waals surface area contributed by atoms with Crippen molar-refractivity contribution in [3.63, 3.8) is 0 Å². The molecule has 1 N–H and O–H groups in total. The molecule has 17 heavy (non-hydrogen) atoms. The fourth-order valence-electron chi connectivity index (χ4n) is 1.77. The minimum absolute atomic E-state index is 0.332. The topological polar surface area (TPSA) is 21.3 Å². The minimum Gasteiger partial charge on any atom is -0.380 e. The van der Waals surface area contributed by atoms with Crippen molar-refractivity contribution < 1.29 is 4.74 Å². The highest BCUT2D eigenvalue weighted by Crippen LogP contribution is 2.21. The van der Waals surface area contributed by atoms with Crippen molar-refractivity contribution in [2.24, 2.45) is 0 Å². The third kappa shape index (κ3) is 3.32. The Morgan fingerprint density at radius 2 is 2.24 bits per heavy atom. The second kappa shape index (κ2) is 5.84. The Morgan fingerprint density at radius 1 is 1.35 bits per heavy atom. The zero-order valence-electron chi connectivity index (χ0n) is 10.1. The summed E-state index contributed by atoms with van der Waals surface area (Å²) in [5.74, 6) is 0. The van der Waals surface area contributed by atoms with Crippen LogP contribution in [-0.4, -0.2) is 7.11 Å². The Labute approximate surface area is 106 Å². The molecule has 0 radical (unpaired) electrons. The first-order valence-corrected chi connectivity index (χ1v) is 6.60. The quantitative estimate of drug-likeness (QED) is 0.860. The van der Waals surface area contributed by atoms with Gasteiger partial charge in [0, 0.05) is 18.8 Å². The van der Waals surface area contributed by atoms with Gasteiger partial charge in [-0.3, -0.25) is 0 Å². The van der Waals surface area contributed by atoms with Crippen LogP contribution in [0, 0.1) is 0 Å². The van der Waals surface area contributed by atoms with Crippen molar-refractivity contribution in [1.29, 1.82) is 0 Å². The molecule has 1 unspecified atom stereocenters. The average molecular weight is 247 g/mol. The molecule has 0 aliphatic heterocycles. The van der Waals surface area contributed by atoms with Crippen molar-refractivity contribution >= 4 is 17.0 Å². The lowest BCUT2D eigenvalue weighted by Crippen LogP contribution is -2.05. The summed E-state index contributed by atoms with van der Waals surface area (Å²) in [5, 5.41) is 7.78. The zero-order chi connectivity index (χ0) is 12.1. The van der Waals surface area contributed by atoms with Crippen LogP contribution in [0.25, 0.3) is 0 Å². The summed E-state index contributed by atoms with van der Waals surface area (Å²) >= 11 is 1.73. The van der Waals surface area contributed by atoms with Gasteiger partial charge in [-0.15, -0.1) is 0 Å². The fraction of sp³-hybridized carbons (Fsp3) is 0.286. The van der Waals surface area contributed by atoms with E-state index in [1.165, 1.54) is 11.1 Å². The number of nitrogens with one attached hydrogen (secondary N) is 1. The van der Waals surface area contributed by atoms with Crippen molar-refractivity contribution in [1.82, 2.24) is 0 Å². The smallest absolute Gasteiger partial charge is 0.0713 e. The van der Waals surface area contributed by atoms with E-state index in [1.54, 1.807) is 18.4 Å². The minimum atomic E-state index is 0.332. The van der Waals surface area contributed by atoms with E-state index in [1.807, 2.05) is 0 Å². The molecule has 3 heteroatoms. The Hall–Kier alpha value is -1.32. The summed E-state index contributed by atoms with van der Waals surface area (Å²) in [6.45, 7) is 2.83. The normalized spacial score (nSPS) is 12.4. The van der Waals surface area contributed by atoms with Crippen LogP contribution in [0.3, 0.4) is 0 Å². The third-order valence-corrected chi connectivity index (χ3v) is 3.37. The summed E-state index contributed by atoms with van der Waals surface area (Å²) in [4.78, 5) is 0. The van der Waals surface area contributed by atoms with E-state index in [-0.39, 0.29) is 0 Å². The summed E-state index contributed by atoms with van der Waals surface area (Å²) < 4.78 is 5.13. The van der Waals surface area contributed by atoms with Gasteiger partial charge in [0.25, 0.3) is 0 Å². The number of ether oxygens (including phenoxy) is 1. The van der Waals surface area contributed by atoms with E-state index in [0.29, 0.717) is 12.6 Å². The predicted octanol–water partition coefficient (Wildman–Crippen LogP) is 4.07. The van der Waals surface area contributed by atoms with Gasteiger partial charge >= 0.3 is 0 Å². The van der Waals surface area contributed by atoms with E-state index >= 15 is 0 Å². The molecule has 1 aromatic heterocycles. The van der Waals surface area contributed by atoms with Gasteiger partial charge in [0.15, 0.2) is 0 Å². The maximum absolute atomic E-state index is 5.13. The van der Waals surface area contributed by atoms with Crippen LogP contribution in [0.5, 0.6) is 0 Å². The monoisotopic (exact) mass is 247 g/mol. The maximum atomic E-state index is 5.13. The second-order valence-electron chi connectivity index (χ2n) is 4.06. The van der Waals surface area contributed by atoms with E-state index in [9.17, 15) is 0 Å². The molecular weight excluding hydrogens is 230 g/mol. The number of hydrogen-bond donors (Lipinski definition) is 1. The van der Waals surface area contributed by atoms with Gasteiger partial charge in [0.1, 0.15) is 0 Å². The molecule has 0 spiro atoms. The number of hydrogen-bond acceptors (Lipinski definition) is 3. The summed E-state index contributed by atoms with van der Waals surface area (Å²) in [7, 11) is 1.72. The molecule has 0 bridgehead atoms. The number of anilines is 1. The summed E-state index contributed by atoms with van der Waals surface area (Å²) in [6, 6.07) is 10.8. The molecule has 2 nitrogen and oxygen atoms in total. The van der Waals surface area contributed by atoms with Gasteiger partial charge in [-0.05, 0) is 47.0 Å². The van der Waals surface area contributed by atoms with Crippen LogP contribution in [0.2, 0.25) is 0 Å². The molecule has 0 aliphatic carbocycles. The van der Waals surface area contributed by atoms with Gasteiger partial charge < -0.3 is 10.1 Å². The number of thiophene rings is 1. The Bertz CT molecular complexity index is 453. The van der Waals surface area contributed by atoms with Crippen LogP contribution in [0.1, 0.15) is 24.1 Å². The third-order valence-electron chi connectivity index (χ3n) is 2.66. The largest absolute Gasteiger partial charge is 0.380 e. The van der Waals surface area contributed by atoms with Crippen molar-refractivity contribution in [2.45, 2.75) is 19.6 Å². The van der Waals surface area contributed by atoms with Crippen LogP contribution >= 0.6 is 11.3 Å². The van der Waals surface area contributed by atoms with Crippen molar-refractivity contribution in [3.05, 3.63) is 52.2 Å². The highest BCUT2D eigenvalue weighted by molar-refractivity contribution is 7.07. The highest BCUT2D eigenvalue weighted by atomic mass is 32.1. The lowest BCUT2D eigenvalue weighted by atomic mass is 10.1. The first-order valence-electron chi connectivity index (χ1n) is 5.66. The predicted molar refractivity (Wildman–Crippen MR) is 73.5 cm³/mol. The zero-order valence-corrected chi connectivity index (χ0v) is 11.0. The van der Waals surface area contributed by atoms with E-state index in [4.69, 9.17) is 4.74 Å². The Morgan fingerprint density at radius 3 is 2.94 bits per heavy atom. The Kier molecular flexibility index (Phi) is 4.18. The average Bonchev–Trinajstić information content (AvgIpc) is 2.83. The molecule has 0 aliphatic rings. The summed E-state index contributed by atoms with van der Waals surface area (Å²) in [5.41, 5.74) is 3.65. The molecule has 1 atom stereocenters. The number of methoxy groups -OCH3 is 1. The molecule has 2 aromatic rings. The van der Waals surface area contributed by atoms with Gasteiger partial charge in [0.05, 0.1) is 6.61 Å². The molecule has 1 aromatic carbocycles. The van der Waals surface area contributed by atoms with Crippen LogP contribution in [-0.2, 0) is 11.3 Å². The molecule has 0 fully saturated rings. The highest BCUT2D eigenvalue weighted by Gasteiger charge is 2.05. The van der Waals surface area contributed by atoms with Crippen molar-refractivity contribution in [2.75, 3.05) is 12.4 Å². The van der Waals surface area contributed by atoms with Gasteiger partial charge in [-0.1, -0.05) is 12.1 Å². The van der Waals surface area contributed by atoms with Crippen LogP contribution in [0.4, 0.5) is 5.69 Å². The summed E-state index contributed by atoms with van der Waals surface area (Å²) in [6.07, 6.45) is 0. The second-order valence-corrected chi connectivity index (χ2v) is 4.84. The standard InChI is InChI=1S/C14H17NOS/c1-11(13-6-7-17-10-13)15-14-5-3-4-12(8-14)9-16-2/h3-8,10-11,15H,9H2,1-2H3. The first kappa shape index (κ1) is 12.1. The van der Waals surface area contributed by atoms with Gasteiger partial charge in [-0.25, -0.2) is 0 Å². The molecule has 90 valence electrons. The van der Waals surface area contributed by atoms with Crippen LogP contribution in [0.15, 0.2) is 41.1 Å². The number of benzene rings is 1. The number of rotatable bonds is 5. The molecule has 0 saturated carbocycles. The fourth-order valence-corrected chi connectivity index (χ4v) is 2.53. The van der Waals surface area contributed by atoms with Crippen molar-refractivity contribution in [3.8, 4) is 0 Å². The van der Waals surface area contributed by atoms with Crippen LogP contribution < -0.4 is 5.32 Å². The van der Waals surface area contributed by atoms with E-state index in [0.717, 1.165) is 5.69 Å². The molecule has 1 heterocycles. The van der Waals surface area contributed by atoms with E-state index < -0.39 is 0 Å².